The van der Waals surface area contributed by atoms with Gasteiger partial charge in [0, 0.05) is 0 Å². The maximum Gasteiger partial charge on any atom is 0.0536 e. The van der Waals surface area contributed by atoms with Crippen LogP contribution in [0, 0.1) is 0 Å². The quantitative estimate of drug-likeness (QED) is 0.408. The molecule has 0 N–H and O–H groups in total. The first-order valence-corrected chi connectivity index (χ1v) is 5.09. The van der Waals surface area contributed by atoms with Crippen LogP contribution in [-0.2, 0) is 0 Å². The van der Waals surface area contributed by atoms with Gasteiger partial charge in [0.25, 0.3) is 0 Å². The Labute approximate surface area is 58.8 Å². The van der Waals surface area contributed by atoms with E-state index in [0.717, 1.165) is 0 Å². The first kappa shape index (κ1) is 6.56. The summed E-state index contributed by atoms with van der Waals surface area (Å²) in [6, 6.07) is 1.26. The highest BCUT2D eigenvalue weighted by Gasteiger charge is 1.96. The summed E-state index contributed by atoms with van der Waals surface area (Å²) in [6.07, 6.45) is 9.90. The molecule has 1 aliphatic rings. The van der Waals surface area contributed by atoms with Crippen LogP contribution in [0.15, 0.2) is 36.1 Å². The van der Waals surface area contributed by atoms with Gasteiger partial charge in [0.05, 0.1) is 9.52 Å². The van der Waals surface area contributed by atoms with E-state index in [1.165, 1.54) is 12.5 Å². The zero-order valence-electron chi connectivity index (χ0n) is 5.64. The summed E-state index contributed by atoms with van der Waals surface area (Å²) in [5.74, 6) is 0. The fraction of sp³-hybridized carbons (Fsp3) is 0.250. The second-order valence-electron chi connectivity index (χ2n) is 2.28. The van der Waals surface area contributed by atoms with Crippen LogP contribution < -0.4 is 0 Å². The average Bonchev–Trinajstić information content (AvgIpc) is 2.34. The maximum absolute atomic E-state index is 3.71. The van der Waals surface area contributed by atoms with E-state index in [4.69, 9.17) is 0 Å². The lowest BCUT2D eigenvalue weighted by Crippen LogP contribution is -1.89. The van der Waals surface area contributed by atoms with Crippen LogP contribution in [0.3, 0.4) is 0 Å². The molecule has 0 saturated heterocycles. The molecule has 0 aliphatic heterocycles. The van der Waals surface area contributed by atoms with Gasteiger partial charge in [-0.2, -0.15) is 0 Å². The summed E-state index contributed by atoms with van der Waals surface area (Å²) < 4.78 is 0. The fourth-order valence-electron chi connectivity index (χ4n) is 0.964. The minimum absolute atomic E-state index is 0.0683. The Morgan fingerprint density at radius 1 is 1.78 bits per heavy atom. The Bertz CT molecular complexity index is 154. The van der Waals surface area contributed by atoms with Gasteiger partial charge in [-0.3, -0.25) is 0 Å². The van der Waals surface area contributed by atoms with Crippen molar-refractivity contribution < 1.29 is 0 Å². The van der Waals surface area contributed by atoms with Crippen molar-refractivity contribution >= 4 is 9.52 Å². The van der Waals surface area contributed by atoms with Crippen LogP contribution in [0.4, 0.5) is 0 Å². The molecule has 1 rings (SSSR count). The molecular weight excluding hydrogens is 124 g/mol. The maximum atomic E-state index is 3.71. The van der Waals surface area contributed by atoms with Gasteiger partial charge in [-0.25, -0.2) is 0 Å². The van der Waals surface area contributed by atoms with Crippen molar-refractivity contribution in [3.8, 4) is 0 Å². The molecule has 1 heteroatoms. The van der Waals surface area contributed by atoms with Crippen LogP contribution in [0.25, 0.3) is 0 Å². The molecule has 0 heterocycles. The van der Waals surface area contributed by atoms with Gasteiger partial charge in [0.2, 0.25) is 0 Å². The lowest BCUT2D eigenvalue weighted by atomic mass is 10.5. The molecule has 0 saturated carbocycles. The average molecular weight is 136 g/mol. The number of allylic oxidation sites excluding steroid dienone is 5. The highest BCUT2D eigenvalue weighted by atomic mass is 28.2. The van der Waals surface area contributed by atoms with Crippen LogP contribution in [0.5, 0.6) is 0 Å². The van der Waals surface area contributed by atoms with Crippen molar-refractivity contribution in [1.82, 2.24) is 0 Å². The number of hydrogen-bond donors (Lipinski definition) is 0. The lowest BCUT2D eigenvalue weighted by molar-refractivity contribution is 1.39. The molecule has 0 spiro atoms. The van der Waals surface area contributed by atoms with Crippen LogP contribution >= 0.6 is 0 Å². The van der Waals surface area contributed by atoms with E-state index in [2.05, 4.69) is 24.8 Å². The van der Waals surface area contributed by atoms with E-state index < -0.39 is 0 Å². The van der Waals surface area contributed by atoms with E-state index in [9.17, 15) is 0 Å². The molecule has 0 aromatic carbocycles. The zero-order valence-corrected chi connectivity index (χ0v) is 7.05. The van der Waals surface area contributed by atoms with Gasteiger partial charge in [-0.05, 0) is 12.5 Å². The monoisotopic (exact) mass is 136 g/mol. The number of rotatable bonds is 3. The lowest BCUT2D eigenvalue weighted by Gasteiger charge is -1.93. The fourth-order valence-corrected chi connectivity index (χ4v) is 2.21. The minimum atomic E-state index is 0.0683. The normalized spacial score (nSPS) is 17.1. The van der Waals surface area contributed by atoms with Crippen molar-refractivity contribution in [2.45, 2.75) is 12.5 Å². The summed E-state index contributed by atoms with van der Waals surface area (Å²) in [5, 5.41) is 1.68. The molecule has 1 aliphatic carbocycles. The van der Waals surface area contributed by atoms with Crippen LogP contribution in [0.2, 0.25) is 6.04 Å². The summed E-state index contributed by atoms with van der Waals surface area (Å²) in [4.78, 5) is 0. The highest BCUT2D eigenvalue weighted by Crippen LogP contribution is 2.09. The molecule has 0 aromatic rings. The minimum Gasteiger partial charge on any atom is -0.103 e. The third-order valence-corrected chi connectivity index (χ3v) is 3.38. The molecule has 0 amide bonds. The number of hydrogen-bond acceptors (Lipinski definition) is 0. The van der Waals surface area contributed by atoms with Crippen LogP contribution in [0.1, 0.15) is 6.42 Å². The Balaban J connectivity index is 2.21. The summed E-state index contributed by atoms with van der Waals surface area (Å²) in [6.45, 7) is 3.71. The molecule has 0 aromatic heterocycles. The summed E-state index contributed by atoms with van der Waals surface area (Å²) in [7, 11) is 0.0683. The molecule has 0 radical (unpaired) electrons. The second-order valence-corrected chi connectivity index (χ2v) is 4.27. The standard InChI is InChI=1S/C8H12Si/c1-2-7-9-8-5-3-4-6-8/h2-5H,1,6-7,9H2. The molecule has 0 unspecified atom stereocenters. The van der Waals surface area contributed by atoms with Gasteiger partial charge < -0.3 is 0 Å². The largest absolute Gasteiger partial charge is 0.103 e. The molecule has 48 valence electrons. The zero-order chi connectivity index (χ0) is 6.53. The van der Waals surface area contributed by atoms with E-state index in [-0.39, 0.29) is 9.52 Å². The Kier molecular flexibility index (Phi) is 2.52. The highest BCUT2D eigenvalue weighted by molar-refractivity contribution is 6.46. The predicted octanol–water partition coefficient (Wildman–Crippen LogP) is 1.60. The Hall–Kier alpha value is -0.563. The SMILES string of the molecule is C=CC[SiH2]C1=CC=CC1. The van der Waals surface area contributed by atoms with E-state index in [1.54, 1.807) is 5.20 Å². The molecule has 0 nitrogen and oxygen atoms in total. The first-order valence-electron chi connectivity index (χ1n) is 3.39. The molecule has 0 atom stereocenters. The van der Waals surface area contributed by atoms with Crippen molar-refractivity contribution in [1.29, 1.82) is 0 Å². The van der Waals surface area contributed by atoms with Crippen molar-refractivity contribution in [2.75, 3.05) is 0 Å². The molecule has 0 bridgehead atoms. The van der Waals surface area contributed by atoms with Crippen LogP contribution in [-0.4, -0.2) is 9.52 Å². The van der Waals surface area contributed by atoms with Gasteiger partial charge in [-0.15, -0.1) is 6.58 Å². The molecular formula is C8H12Si. The smallest absolute Gasteiger partial charge is 0.0536 e. The van der Waals surface area contributed by atoms with Crippen molar-refractivity contribution in [3.05, 3.63) is 36.1 Å². The predicted molar refractivity (Wildman–Crippen MR) is 45.4 cm³/mol. The third kappa shape index (κ3) is 2.02. The van der Waals surface area contributed by atoms with E-state index >= 15 is 0 Å². The molecule has 0 fully saturated rings. The third-order valence-electron chi connectivity index (χ3n) is 1.52. The summed E-state index contributed by atoms with van der Waals surface area (Å²) in [5.41, 5.74) is 0. The molecule has 9 heavy (non-hydrogen) atoms. The van der Waals surface area contributed by atoms with Gasteiger partial charge in [0.15, 0.2) is 0 Å². The first-order chi connectivity index (χ1) is 4.43. The van der Waals surface area contributed by atoms with Gasteiger partial charge >= 0.3 is 0 Å². The Morgan fingerprint density at radius 2 is 2.67 bits per heavy atom. The van der Waals surface area contributed by atoms with E-state index in [1.807, 2.05) is 6.08 Å². The van der Waals surface area contributed by atoms with Gasteiger partial charge in [-0.1, -0.05) is 29.5 Å². The van der Waals surface area contributed by atoms with E-state index in [0.29, 0.717) is 0 Å². The second kappa shape index (κ2) is 3.46. The van der Waals surface area contributed by atoms with Gasteiger partial charge in [0.1, 0.15) is 0 Å². The topological polar surface area (TPSA) is 0 Å². The summed E-state index contributed by atoms with van der Waals surface area (Å²) >= 11 is 0. The Morgan fingerprint density at radius 3 is 3.22 bits per heavy atom. The van der Waals surface area contributed by atoms with Crippen molar-refractivity contribution in [2.24, 2.45) is 0 Å². The van der Waals surface area contributed by atoms with Crippen molar-refractivity contribution in [3.63, 3.8) is 0 Å².